The predicted molar refractivity (Wildman–Crippen MR) is 41.3 cm³/mol. The van der Waals surface area contributed by atoms with Crippen molar-refractivity contribution in [1.29, 1.82) is 0 Å². The largest absolute Gasteiger partial charge is 0.506 e. The van der Waals surface area contributed by atoms with Crippen LogP contribution in [0.1, 0.15) is 17.0 Å². The number of aromatic nitrogens is 1. The summed E-state index contributed by atoms with van der Waals surface area (Å²) in [4.78, 5) is 4.03. The summed E-state index contributed by atoms with van der Waals surface area (Å²) in [6.45, 7) is 3.45. The second-order valence-electron chi connectivity index (χ2n) is 2.50. The van der Waals surface area contributed by atoms with Gasteiger partial charge in [0, 0.05) is 11.3 Å². The summed E-state index contributed by atoms with van der Waals surface area (Å²) in [6, 6.07) is 1.54. The summed E-state index contributed by atoms with van der Waals surface area (Å²) in [6.07, 6.45) is 0. The molecule has 0 radical (unpaired) electrons. The standard InChI is InChI=1S/C8H11NO2/c1-5-7(4-10)3-8(11)6(2)9-5/h3,10-11H,4H2,1-2H3. The van der Waals surface area contributed by atoms with E-state index in [-0.39, 0.29) is 12.4 Å². The van der Waals surface area contributed by atoms with Crippen molar-refractivity contribution in [3.63, 3.8) is 0 Å². The van der Waals surface area contributed by atoms with E-state index in [1.165, 1.54) is 6.07 Å². The monoisotopic (exact) mass is 153 g/mol. The highest BCUT2D eigenvalue weighted by Crippen LogP contribution is 2.17. The van der Waals surface area contributed by atoms with Crippen LogP contribution in [0.5, 0.6) is 5.75 Å². The van der Waals surface area contributed by atoms with Crippen LogP contribution in [0.25, 0.3) is 0 Å². The third kappa shape index (κ3) is 1.49. The molecule has 0 aliphatic heterocycles. The number of nitrogens with zero attached hydrogens (tertiary/aromatic N) is 1. The second-order valence-corrected chi connectivity index (χ2v) is 2.50. The SMILES string of the molecule is Cc1nc(C)c(CO)cc1O. The molecule has 11 heavy (non-hydrogen) atoms. The smallest absolute Gasteiger partial charge is 0.137 e. The van der Waals surface area contributed by atoms with Gasteiger partial charge < -0.3 is 10.2 Å². The van der Waals surface area contributed by atoms with E-state index in [2.05, 4.69) is 4.98 Å². The van der Waals surface area contributed by atoms with Gasteiger partial charge in [-0.05, 0) is 19.9 Å². The maximum Gasteiger partial charge on any atom is 0.137 e. The minimum Gasteiger partial charge on any atom is -0.506 e. The van der Waals surface area contributed by atoms with E-state index in [0.717, 1.165) is 5.69 Å². The van der Waals surface area contributed by atoms with Gasteiger partial charge in [0.1, 0.15) is 5.75 Å². The van der Waals surface area contributed by atoms with Gasteiger partial charge in [0.2, 0.25) is 0 Å². The molecule has 0 aliphatic rings. The normalized spacial score (nSPS) is 10.1. The number of aromatic hydroxyl groups is 1. The molecule has 0 spiro atoms. The van der Waals surface area contributed by atoms with Gasteiger partial charge in [-0.25, -0.2) is 0 Å². The van der Waals surface area contributed by atoms with Gasteiger partial charge in [0.05, 0.1) is 12.3 Å². The molecule has 0 atom stereocenters. The van der Waals surface area contributed by atoms with E-state index in [1.54, 1.807) is 13.8 Å². The van der Waals surface area contributed by atoms with Crippen molar-refractivity contribution in [2.45, 2.75) is 20.5 Å². The minimum atomic E-state index is -0.0767. The van der Waals surface area contributed by atoms with Crippen molar-refractivity contribution in [3.8, 4) is 5.75 Å². The summed E-state index contributed by atoms with van der Waals surface area (Å²) >= 11 is 0. The molecule has 60 valence electrons. The van der Waals surface area contributed by atoms with E-state index in [1.807, 2.05) is 0 Å². The third-order valence-electron chi connectivity index (χ3n) is 1.65. The summed E-state index contributed by atoms with van der Waals surface area (Å²) in [5.74, 6) is 0.139. The number of rotatable bonds is 1. The highest BCUT2D eigenvalue weighted by molar-refractivity contribution is 5.32. The van der Waals surface area contributed by atoms with Crippen LogP contribution < -0.4 is 0 Å². The fourth-order valence-electron chi connectivity index (χ4n) is 0.915. The molecule has 0 aliphatic carbocycles. The zero-order chi connectivity index (χ0) is 8.43. The van der Waals surface area contributed by atoms with Crippen molar-refractivity contribution in [3.05, 3.63) is 23.0 Å². The highest BCUT2D eigenvalue weighted by Gasteiger charge is 2.02. The number of hydrogen-bond donors (Lipinski definition) is 2. The lowest BCUT2D eigenvalue weighted by atomic mass is 10.2. The van der Waals surface area contributed by atoms with Gasteiger partial charge in [-0.2, -0.15) is 0 Å². The lowest BCUT2D eigenvalue weighted by Crippen LogP contribution is -1.94. The van der Waals surface area contributed by atoms with Crippen LogP contribution in [0, 0.1) is 13.8 Å². The second kappa shape index (κ2) is 2.88. The first-order chi connectivity index (χ1) is 5.15. The molecule has 3 nitrogen and oxygen atoms in total. The summed E-state index contributed by atoms with van der Waals surface area (Å²) in [5, 5.41) is 18.0. The lowest BCUT2D eigenvalue weighted by molar-refractivity contribution is 0.279. The van der Waals surface area contributed by atoms with E-state index in [4.69, 9.17) is 5.11 Å². The van der Waals surface area contributed by atoms with Crippen LogP contribution >= 0.6 is 0 Å². The maximum absolute atomic E-state index is 9.18. The van der Waals surface area contributed by atoms with Gasteiger partial charge in [-0.15, -0.1) is 0 Å². The number of aliphatic hydroxyl groups is 1. The minimum absolute atomic E-state index is 0.0767. The zero-order valence-electron chi connectivity index (χ0n) is 6.63. The maximum atomic E-state index is 9.18. The lowest BCUT2D eigenvalue weighted by Gasteiger charge is -2.04. The molecule has 0 saturated heterocycles. The molecular formula is C8H11NO2. The Balaban J connectivity index is 3.21. The van der Waals surface area contributed by atoms with Crippen LogP contribution in [0.4, 0.5) is 0 Å². The molecule has 1 aromatic rings. The van der Waals surface area contributed by atoms with Crippen molar-refractivity contribution in [1.82, 2.24) is 4.98 Å². The quantitative estimate of drug-likeness (QED) is 0.630. The fourth-order valence-corrected chi connectivity index (χ4v) is 0.915. The molecule has 1 rings (SSSR count). The Morgan fingerprint density at radius 3 is 2.55 bits per heavy atom. The molecule has 0 bridgehead atoms. The molecule has 0 unspecified atom stereocenters. The summed E-state index contributed by atoms with van der Waals surface area (Å²) in [7, 11) is 0. The van der Waals surface area contributed by atoms with Gasteiger partial charge in [0.15, 0.2) is 0 Å². The predicted octanol–water partition coefficient (Wildman–Crippen LogP) is 0.896. The molecular weight excluding hydrogens is 142 g/mol. The molecule has 0 amide bonds. The summed E-state index contributed by atoms with van der Waals surface area (Å²) < 4.78 is 0. The Hall–Kier alpha value is -1.09. The molecule has 1 heterocycles. The Morgan fingerprint density at radius 1 is 1.36 bits per heavy atom. The van der Waals surface area contributed by atoms with Gasteiger partial charge in [0.25, 0.3) is 0 Å². The van der Waals surface area contributed by atoms with Gasteiger partial charge in [-0.3, -0.25) is 4.98 Å². The Labute approximate surface area is 65.3 Å². The topological polar surface area (TPSA) is 53.4 Å². The Bertz CT molecular complexity index is 271. The number of aliphatic hydroxyl groups excluding tert-OH is 1. The molecule has 3 heteroatoms. The number of aryl methyl sites for hydroxylation is 2. The molecule has 0 saturated carbocycles. The molecule has 0 fully saturated rings. The van der Waals surface area contributed by atoms with E-state index >= 15 is 0 Å². The first-order valence-corrected chi connectivity index (χ1v) is 3.42. The van der Waals surface area contributed by atoms with Crippen molar-refractivity contribution in [2.75, 3.05) is 0 Å². The first kappa shape index (κ1) is 8.01. The van der Waals surface area contributed by atoms with E-state index in [9.17, 15) is 5.11 Å². The summed E-state index contributed by atoms with van der Waals surface area (Å²) in [5.41, 5.74) is 2.04. The molecule has 0 aromatic carbocycles. The molecule has 1 aromatic heterocycles. The van der Waals surface area contributed by atoms with E-state index in [0.29, 0.717) is 11.3 Å². The highest BCUT2D eigenvalue weighted by atomic mass is 16.3. The van der Waals surface area contributed by atoms with Crippen molar-refractivity contribution < 1.29 is 10.2 Å². The first-order valence-electron chi connectivity index (χ1n) is 3.42. The van der Waals surface area contributed by atoms with Crippen LogP contribution in [-0.2, 0) is 6.61 Å². The van der Waals surface area contributed by atoms with Crippen LogP contribution in [0.15, 0.2) is 6.07 Å². The fraction of sp³-hybridized carbons (Fsp3) is 0.375. The van der Waals surface area contributed by atoms with Gasteiger partial charge >= 0.3 is 0 Å². The number of hydrogen-bond acceptors (Lipinski definition) is 3. The molecule has 2 N–H and O–H groups in total. The average Bonchev–Trinajstić information content (AvgIpc) is 1.97. The van der Waals surface area contributed by atoms with Crippen LogP contribution in [0.3, 0.4) is 0 Å². The zero-order valence-corrected chi connectivity index (χ0v) is 6.63. The average molecular weight is 153 g/mol. The van der Waals surface area contributed by atoms with Crippen LogP contribution in [0.2, 0.25) is 0 Å². The Morgan fingerprint density at radius 2 is 2.00 bits per heavy atom. The van der Waals surface area contributed by atoms with Crippen molar-refractivity contribution in [2.24, 2.45) is 0 Å². The van der Waals surface area contributed by atoms with Crippen LogP contribution in [-0.4, -0.2) is 15.2 Å². The number of pyridine rings is 1. The van der Waals surface area contributed by atoms with E-state index < -0.39 is 0 Å². The Kier molecular flexibility index (Phi) is 2.10. The van der Waals surface area contributed by atoms with Crippen molar-refractivity contribution >= 4 is 0 Å². The van der Waals surface area contributed by atoms with Gasteiger partial charge in [-0.1, -0.05) is 0 Å². The third-order valence-corrected chi connectivity index (χ3v) is 1.65.